The van der Waals surface area contributed by atoms with Crippen molar-refractivity contribution >= 4 is 33.2 Å². The largest absolute Gasteiger partial charge is 0.298 e. The molecule has 0 bridgehead atoms. The van der Waals surface area contributed by atoms with Gasteiger partial charge in [0.1, 0.15) is 17.0 Å². The molecule has 6 heteroatoms. The summed E-state index contributed by atoms with van der Waals surface area (Å²) in [5.41, 5.74) is 13.9. The molecule has 9 aromatic rings. The van der Waals surface area contributed by atoms with Crippen LogP contribution < -0.4 is 0 Å². The molecule has 0 saturated carbocycles. The number of fused-ring (bicyclic) bond motifs is 5. The molecule has 0 saturated heterocycles. The van der Waals surface area contributed by atoms with Crippen molar-refractivity contribution in [2.45, 2.75) is 12.3 Å². The molecule has 6 nitrogen and oxygen atoms in total. The SMILES string of the molecule is C1=CC(c2nc(-c3cccc(-c4ccc(-c5nc6ccccc6c6nc7ccccn7c56)cc4)c3)cc(-c3ccccn3)n2)CC=C1c1ccccc1. The zero-order chi connectivity index (χ0) is 35.1. The molecule has 10 rings (SSSR count). The van der Waals surface area contributed by atoms with Gasteiger partial charge in [-0.05, 0) is 71.1 Å². The first-order chi connectivity index (χ1) is 26.2. The lowest BCUT2D eigenvalue weighted by molar-refractivity contribution is 0.776. The Kier molecular flexibility index (Phi) is 7.50. The van der Waals surface area contributed by atoms with E-state index >= 15 is 0 Å². The maximum Gasteiger partial charge on any atom is 0.137 e. The number of pyridine rings is 3. The summed E-state index contributed by atoms with van der Waals surface area (Å²) in [5.74, 6) is 0.850. The van der Waals surface area contributed by atoms with Gasteiger partial charge >= 0.3 is 0 Å². The van der Waals surface area contributed by atoms with Gasteiger partial charge in [-0.1, -0.05) is 121 Å². The second-order valence-electron chi connectivity index (χ2n) is 13.3. The number of benzene rings is 4. The quantitative estimate of drug-likeness (QED) is 0.175. The van der Waals surface area contributed by atoms with E-state index in [0.717, 1.165) is 84.9 Å². The molecule has 0 fully saturated rings. The van der Waals surface area contributed by atoms with Crippen molar-refractivity contribution in [3.05, 3.63) is 188 Å². The average Bonchev–Trinajstić information content (AvgIpc) is 3.64. The van der Waals surface area contributed by atoms with E-state index in [2.05, 4.69) is 125 Å². The maximum atomic E-state index is 5.18. The molecule has 4 aromatic carbocycles. The lowest BCUT2D eigenvalue weighted by Gasteiger charge is -2.17. The molecule has 5 aromatic heterocycles. The lowest BCUT2D eigenvalue weighted by atomic mass is 9.92. The van der Waals surface area contributed by atoms with E-state index in [1.165, 1.54) is 11.1 Å². The molecule has 1 aliphatic rings. The second-order valence-corrected chi connectivity index (χ2v) is 13.3. The molecular weight excluding hydrogens is 649 g/mol. The molecule has 1 unspecified atom stereocenters. The topological polar surface area (TPSA) is 68.9 Å². The Bertz CT molecular complexity index is 2860. The van der Waals surface area contributed by atoms with Crippen molar-refractivity contribution in [2.24, 2.45) is 0 Å². The van der Waals surface area contributed by atoms with Crippen LogP contribution >= 0.6 is 0 Å². The van der Waals surface area contributed by atoms with E-state index < -0.39 is 0 Å². The molecule has 1 aliphatic carbocycles. The van der Waals surface area contributed by atoms with Gasteiger partial charge < -0.3 is 0 Å². The number of allylic oxidation sites excluding steroid dienone is 4. The summed E-state index contributed by atoms with van der Waals surface area (Å²) < 4.78 is 2.14. The highest BCUT2D eigenvalue weighted by molar-refractivity contribution is 6.09. The highest BCUT2D eigenvalue weighted by Gasteiger charge is 2.19. The van der Waals surface area contributed by atoms with Crippen LogP contribution in [0.3, 0.4) is 0 Å². The number of nitrogens with zero attached hydrogens (tertiary/aromatic N) is 6. The Balaban J connectivity index is 1.01. The summed E-state index contributed by atoms with van der Waals surface area (Å²) in [5, 5.41) is 1.05. The highest BCUT2D eigenvalue weighted by Crippen LogP contribution is 2.36. The van der Waals surface area contributed by atoms with Crippen molar-refractivity contribution in [3.63, 3.8) is 0 Å². The average molecular weight is 681 g/mol. The zero-order valence-electron chi connectivity index (χ0n) is 28.7. The minimum Gasteiger partial charge on any atom is -0.298 e. The Morgan fingerprint density at radius 3 is 2.17 bits per heavy atom. The number of hydrogen-bond donors (Lipinski definition) is 0. The van der Waals surface area contributed by atoms with Crippen LogP contribution in [0.5, 0.6) is 0 Å². The van der Waals surface area contributed by atoms with Crippen LogP contribution in [0.2, 0.25) is 0 Å². The summed E-state index contributed by atoms with van der Waals surface area (Å²) in [6, 6.07) is 50.1. The van der Waals surface area contributed by atoms with Crippen molar-refractivity contribution in [1.82, 2.24) is 29.3 Å². The van der Waals surface area contributed by atoms with Gasteiger partial charge in [0, 0.05) is 34.8 Å². The predicted molar refractivity (Wildman–Crippen MR) is 214 cm³/mol. The summed E-state index contributed by atoms with van der Waals surface area (Å²) in [7, 11) is 0. The van der Waals surface area contributed by atoms with Gasteiger partial charge in [0.25, 0.3) is 0 Å². The van der Waals surface area contributed by atoms with Crippen LogP contribution in [0.25, 0.3) is 78.2 Å². The van der Waals surface area contributed by atoms with Crippen LogP contribution in [0.4, 0.5) is 0 Å². The Hall–Kier alpha value is -7.05. The number of para-hydroxylation sites is 1. The molecule has 250 valence electrons. The smallest absolute Gasteiger partial charge is 0.137 e. The van der Waals surface area contributed by atoms with Crippen molar-refractivity contribution in [3.8, 4) is 45.0 Å². The molecule has 5 heterocycles. The van der Waals surface area contributed by atoms with Gasteiger partial charge in [-0.3, -0.25) is 9.38 Å². The lowest BCUT2D eigenvalue weighted by Crippen LogP contribution is -2.07. The van der Waals surface area contributed by atoms with E-state index in [4.69, 9.17) is 19.9 Å². The van der Waals surface area contributed by atoms with Crippen LogP contribution in [-0.2, 0) is 0 Å². The van der Waals surface area contributed by atoms with E-state index in [1.807, 2.05) is 60.8 Å². The summed E-state index contributed by atoms with van der Waals surface area (Å²) in [4.78, 5) is 25.0. The normalized spacial score (nSPS) is 14.2. The van der Waals surface area contributed by atoms with Gasteiger partial charge in [-0.15, -0.1) is 0 Å². The second kappa shape index (κ2) is 12.9. The zero-order valence-corrected chi connectivity index (χ0v) is 28.7. The number of rotatable bonds is 6. The molecule has 53 heavy (non-hydrogen) atoms. The monoisotopic (exact) mass is 680 g/mol. The summed E-state index contributed by atoms with van der Waals surface area (Å²) >= 11 is 0. The van der Waals surface area contributed by atoms with Gasteiger partial charge in [0.2, 0.25) is 0 Å². The molecule has 1 atom stereocenters. The maximum absolute atomic E-state index is 5.18. The van der Waals surface area contributed by atoms with E-state index in [-0.39, 0.29) is 5.92 Å². The van der Waals surface area contributed by atoms with Crippen molar-refractivity contribution in [2.75, 3.05) is 0 Å². The third-order valence-electron chi connectivity index (χ3n) is 10.0. The fourth-order valence-corrected chi connectivity index (χ4v) is 7.32. The van der Waals surface area contributed by atoms with Gasteiger partial charge in [-0.2, -0.15) is 0 Å². The Morgan fingerprint density at radius 1 is 0.547 bits per heavy atom. The number of hydrogen-bond acceptors (Lipinski definition) is 5. The van der Waals surface area contributed by atoms with E-state index in [0.29, 0.717) is 0 Å². The minimum atomic E-state index is 0.0590. The van der Waals surface area contributed by atoms with Crippen molar-refractivity contribution in [1.29, 1.82) is 0 Å². The van der Waals surface area contributed by atoms with Gasteiger partial charge in [-0.25, -0.2) is 19.9 Å². The van der Waals surface area contributed by atoms with Crippen LogP contribution in [0.1, 0.15) is 23.7 Å². The van der Waals surface area contributed by atoms with E-state index in [9.17, 15) is 0 Å². The van der Waals surface area contributed by atoms with Gasteiger partial charge in [0.15, 0.2) is 0 Å². The highest BCUT2D eigenvalue weighted by atomic mass is 15.0. The molecule has 0 N–H and O–H groups in total. The third kappa shape index (κ3) is 5.67. The first kappa shape index (κ1) is 30.7. The fourth-order valence-electron chi connectivity index (χ4n) is 7.32. The summed E-state index contributed by atoms with van der Waals surface area (Å²) in [6.07, 6.45) is 11.4. The van der Waals surface area contributed by atoms with Crippen molar-refractivity contribution < 1.29 is 0 Å². The van der Waals surface area contributed by atoms with Crippen LogP contribution in [-0.4, -0.2) is 29.3 Å². The molecular formula is C47H32N6. The predicted octanol–water partition coefficient (Wildman–Crippen LogP) is 11.0. The number of imidazole rings is 1. The molecule has 0 spiro atoms. The Labute approximate surface area is 306 Å². The standard InChI is InChI=1S/C47H32N6/c1-2-11-31(12-3-1)32-21-25-35(26-22-32)47-50-41(30-42(51-47)40-17-6-8-27-48-40)37-14-10-13-36(29-37)33-19-23-34(24-20-33)44-46-45(38-15-4-5-16-39(38)49-44)52-43-18-7-9-28-53(43)46/h1-25,27-30,35H,26H2. The van der Waals surface area contributed by atoms with Crippen LogP contribution in [0.15, 0.2) is 176 Å². The first-order valence-electron chi connectivity index (χ1n) is 17.9. The number of aromatic nitrogens is 6. The molecule has 0 aliphatic heterocycles. The van der Waals surface area contributed by atoms with E-state index in [1.54, 1.807) is 0 Å². The Morgan fingerprint density at radius 2 is 1.32 bits per heavy atom. The minimum absolute atomic E-state index is 0.0590. The summed E-state index contributed by atoms with van der Waals surface area (Å²) in [6.45, 7) is 0. The van der Waals surface area contributed by atoms with Gasteiger partial charge in [0.05, 0.1) is 33.8 Å². The fraction of sp³-hybridized carbons (Fsp3) is 0.0426. The molecule has 0 amide bonds. The third-order valence-corrected chi connectivity index (χ3v) is 10.0. The molecule has 0 radical (unpaired) electrons. The van der Waals surface area contributed by atoms with Crippen LogP contribution in [0, 0.1) is 0 Å². The first-order valence-corrected chi connectivity index (χ1v) is 17.9.